The fraction of sp³-hybridized carbons (Fsp3) is 0.600. The lowest BCUT2D eigenvalue weighted by molar-refractivity contribution is 0.519. The highest BCUT2D eigenvalue weighted by atomic mass is 15.3. The van der Waals surface area contributed by atoms with E-state index >= 15 is 0 Å². The summed E-state index contributed by atoms with van der Waals surface area (Å²) in [5.41, 5.74) is 2.28. The molecule has 0 aromatic carbocycles. The Bertz CT molecular complexity index is 550. The minimum atomic E-state index is 0.398. The van der Waals surface area contributed by atoms with E-state index < -0.39 is 0 Å². The summed E-state index contributed by atoms with van der Waals surface area (Å²) in [4.78, 5) is 4.42. The molecule has 0 amide bonds. The quantitative estimate of drug-likeness (QED) is 0.881. The maximum absolute atomic E-state index is 4.61. The number of aryl methyl sites for hydroxylation is 1. The number of nitrogens with one attached hydrogen (secondary N) is 1. The fourth-order valence-corrected chi connectivity index (χ4v) is 2.09. The molecule has 2 aromatic heterocycles. The topological polar surface area (TPSA) is 47.7 Å². The summed E-state index contributed by atoms with van der Waals surface area (Å²) in [6, 6.07) is 2.95. The van der Waals surface area contributed by atoms with Gasteiger partial charge in [-0.25, -0.2) is 4.98 Å². The molecule has 0 fully saturated rings. The van der Waals surface area contributed by atoms with Gasteiger partial charge in [-0.2, -0.15) is 5.10 Å². The minimum absolute atomic E-state index is 0.398. The summed E-state index contributed by atoms with van der Waals surface area (Å²) >= 11 is 0. The van der Waals surface area contributed by atoms with Gasteiger partial charge in [0.05, 0.1) is 17.9 Å². The van der Waals surface area contributed by atoms with E-state index in [9.17, 15) is 0 Å². The number of hydrogen-bond donors (Lipinski definition) is 1. The van der Waals surface area contributed by atoms with Crippen molar-refractivity contribution in [3.05, 3.63) is 35.7 Å². The van der Waals surface area contributed by atoms with Crippen LogP contribution in [0.2, 0.25) is 0 Å². The third-order valence-electron chi connectivity index (χ3n) is 3.34. The molecule has 0 radical (unpaired) electrons. The van der Waals surface area contributed by atoms with Crippen LogP contribution in [0.4, 0.5) is 0 Å². The van der Waals surface area contributed by atoms with Crippen molar-refractivity contribution < 1.29 is 0 Å². The number of hydrogen-bond acceptors (Lipinski definition) is 3. The minimum Gasteiger partial charge on any atom is -0.325 e. The van der Waals surface area contributed by atoms with E-state index in [0.29, 0.717) is 12.1 Å². The van der Waals surface area contributed by atoms with E-state index in [1.807, 2.05) is 24.0 Å². The first-order valence-electron chi connectivity index (χ1n) is 7.25. The van der Waals surface area contributed by atoms with Crippen LogP contribution in [0.15, 0.2) is 18.5 Å². The van der Waals surface area contributed by atoms with Crippen LogP contribution in [0.3, 0.4) is 0 Å². The standard InChI is InChI=1S/C15H25N5/c1-11(2)16-8-15-9-17-13(5)19(15)10-14-6-7-20(18-14)12(3)4/h6-7,9,11-12,16H,8,10H2,1-5H3. The van der Waals surface area contributed by atoms with Crippen LogP contribution < -0.4 is 5.32 Å². The van der Waals surface area contributed by atoms with Crippen molar-refractivity contribution in [2.45, 2.75) is 59.8 Å². The van der Waals surface area contributed by atoms with Crippen molar-refractivity contribution in [3.63, 3.8) is 0 Å². The van der Waals surface area contributed by atoms with Gasteiger partial charge in [-0.1, -0.05) is 13.8 Å². The fourth-order valence-electron chi connectivity index (χ4n) is 2.09. The molecule has 0 aliphatic rings. The smallest absolute Gasteiger partial charge is 0.106 e. The normalized spacial score (nSPS) is 11.8. The predicted molar refractivity (Wildman–Crippen MR) is 80.7 cm³/mol. The Hall–Kier alpha value is -1.62. The first kappa shape index (κ1) is 14.8. The van der Waals surface area contributed by atoms with E-state index in [0.717, 1.165) is 24.6 Å². The van der Waals surface area contributed by atoms with Crippen molar-refractivity contribution in [3.8, 4) is 0 Å². The van der Waals surface area contributed by atoms with E-state index in [1.165, 1.54) is 5.69 Å². The number of imidazole rings is 1. The van der Waals surface area contributed by atoms with Crippen LogP contribution in [-0.2, 0) is 13.1 Å². The van der Waals surface area contributed by atoms with Gasteiger partial charge < -0.3 is 9.88 Å². The molecule has 0 aliphatic carbocycles. The van der Waals surface area contributed by atoms with Gasteiger partial charge in [0.1, 0.15) is 5.82 Å². The molecule has 0 saturated heterocycles. The molecule has 0 saturated carbocycles. The average molecular weight is 275 g/mol. The summed E-state index contributed by atoms with van der Waals surface area (Å²) < 4.78 is 4.22. The molecule has 5 heteroatoms. The molecule has 0 aliphatic heterocycles. The van der Waals surface area contributed by atoms with Crippen LogP contribution in [0.1, 0.15) is 50.9 Å². The van der Waals surface area contributed by atoms with Crippen LogP contribution in [-0.4, -0.2) is 25.4 Å². The molecule has 0 bridgehead atoms. The highest BCUT2D eigenvalue weighted by molar-refractivity contribution is 5.09. The Labute approximate surface area is 121 Å². The molecule has 1 N–H and O–H groups in total. The van der Waals surface area contributed by atoms with Crippen molar-refractivity contribution in [2.75, 3.05) is 0 Å². The zero-order chi connectivity index (χ0) is 14.7. The number of nitrogens with zero attached hydrogens (tertiary/aromatic N) is 4. The molecule has 5 nitrogen and oxygen atoms in total. The SMILES string of the molecule is Cc1ncc(CNC(C)C)n1Cc1ccn(C(C)C)n1. The van der Waals surface area contributed by atoms with E-state index in [4.69, 9.17) is 0 Å². The third-order valence-corrected chi connectivity index (χ3v) is 3.34. The molecular weight excluding hydrogens is 250 g/mol. The van der Waals surface area contributed by atoms with E-state index in [-0.39, 0.29) is 0 Å². The van der Waals surface area contributed by atoms with Crippen LogP contribution in [0.25, 0.3) is 0 Å². The molecule has 2 rings (SSSR count). The molecule has 20 heavy (non-hydrogen) atoms. The Morgan fingerprint density at radius 3 is 2.60 bits per heavy atom. The zero-order valence-corrected chi connectivity index (χ0v) is 13.1. The largest absolute Gasteiger partial charge is 0.325 e. The van der Waals surface area contributed by atoms with Gasteiger partial charge in [0.25, 0.3) is 0 Å². The average Bonchev–Trinajstić information content (AvgIpc) is 2.97. The summed E-state index contributed by atoms with van der Waals surface area (Å²) in [6.07, 6.45) is 3.99. The van der Waals surface area contributed by atoms with Crippen LogP contribution in [0, 0.1) is 6.92 Å². The number of rotatable bonds is 6. The molecule has 0 unspecified atom stereocenters. The molecule has 0 spiro atoms. The van der Waals surface area contributed by atoms with Crippen molar-refractivity contribution in [1.82, 2.24) is 24.6 Å². The van der Waals surface area contributed by atoms with Crippen molar-refractivity contribution in [1.29, 1.82) is 0 Å². The van der Waals surface area contributed by atoms with Gasteiger partial charge in [0.15, 0.2) is 0 Å². The third kappa shape index (κ3) is 3.48. The van der Waals surface area contributed by atoms with Crippen LogP contribution in [0.5, 0.6) is 0 Å². The lowest BCUT2D eigenvalue weighted by atomic mass is 10.3. The van der Waals surface area contributed by atoms with Gasteiger partial charge in [0, 0.05) is 31.0 Å². The van der Waals surface area contributed by atoms with E-state index in [2.05, 4.69) is 53.7 Å². The summed E-state index contributed by atoms with van der Waals surface area (Å²) in [5.74, 6) is 1.03. The Kier molecular flexibility index (Phi) is 4.60. The number of aromatic nitrogens is 4. The first-order chi connectivity index (χ1) is 9.47. The van der Waals surface area contributed by atoms with Gasteiger partial charge in [-0.05, 0) is 26.8 Å². The maximum atomic E-state index is 4.61. The van der Waals surface area contributed by atoms with Crippen LogP contribution >= 0.6 is 0 Å². The second-order valence-electron chi connectivity index (χ2n) is 5.80. The highest BCUT2D eigenvalue weighted by Gasteiger charge is 2.10. The summed E-state index contributed by atoms with van der Waals surface area (Å²) in [6.45, 7) is 12.2. The molecule has 110 valence electrons. The van der Waals surface area contributed by atoms with Gasteiger partial charge in [-0.15, -0.1) is 0 Å². The lowest BCUT2D eigenvalue weighted by Gasteiger charge is -2.12. The summed E-state index contributed by atoms with van der Waals surface area (Å²) in [7, 11) is 0. The van der Waals surface area contributed by atoms with Gasteiger partial charge >= 0.3 is 0 Å². The monoisotopic (exact) mass is 275 g/mol. The van der Waals surface area contributed by atoms with Gasteiger partial charge in [-0.3, -0.25) is 4.68 Å². The Balaban J connectivity index is 2.13. The molecule has 2 aromatic rings. The second-order valence-corrected chi connectivity index (χ2v) is 5.80. The lowest BCUT2D eigenvalue weighted by Crippen LogP contribution is -2.23. The molecular formula is C15H25N5. The Morgan fingerprint density at radius 2 is 2.00 bits per heavy atom. The predicted octanol–water partition coefficient (Wildman–Crippen LogP) is 2.52. The van der Waals surface area contributed by atoms with Gasteiger partial charge in [0.2, 0.25) is 0 Å². The Morgan fingerprint density at radius 1 is 1.25 bits per heavy atom. The first-order valence-corrected chi connectivity index (χ1v) is 7.25. The maximum Gasteiger partial charge on any atom is 0.106 e. The zero-order valence-electron chi connectivity index (χ0n) is 13.1. The molecule has 2 heterocycles. The highest BCUT2D eigenvalue weighted by Crippen LogP contribution is 2.10. The van der Waals surface area contributed by atoms with Crippen molar-refractivity contribution in [2.24, 2.45) is 0 Å². The molecule has 0 atom stereocenters. The van der Waals surface area contributed by atoms with Crippen molar-refractivity contribution >= 4 is 0 Å². The summed E-state index contributed by atoms with van der Waals surface area (Å²) in [5, 5.41) is 8.05. The second kappa shape index (κ2) is 6.22. The van der Waals surface area contributed by atoms with E-state index in [1.54, 1.807) is 0 Å².